The predicted molar refractivity (Wildman–Crippen MR) is 129 cm³/mol. The molecule has 3 aromatic rings. The van der Waals surface area contributed by atoms with Gasteiger partial charge in [0.05, 0.1) is 19.2 Å². The van der Waals surface area contributed by atoms with Gasteiger partial charge in [-0.1, -0.05) is 12.1 Å². The van der Waals surface area contributed by atoms with Gasteiger partial charge in [-0.05, 0) is 47.2 Å². The highest BCUT2D eigenvalue weighted by molar-refractivity contribution is 6.01. The third kappa shape index (κ3) is 5.97. The van der Waals surface area contributed by atoms with Crippen molar-refractivity contribution in [2.75, 3.05) is 33.1 Å². The number of alkyl carbamates (subject to hydrolysis) is 1. The van der Waals surface area contributed by atoms with Crippen LogP contribution in [0.2, 0.25) is 0 Å². The summed E-state index contributed by atoms with van der Waals surface area (Å²) in [5.74, 6) is 0.339. The Bertz CT molecular complexity index is 1210. The van der Waals surface area contributed by atoms with Gasteiger partial charge in [0.15, 0.2) is 0 Å². The molecule has 3 rings (SSSR count). The molecule has 0 aliphatic rings. The number of pyridine rings is 2. The maximum Gasteiger partial charge on any atom is 0.407 e. The quantitative estimate of drug-likeness (QED) is 0.494. The molecule has 2 aromatic heterocycles. The zero-order valence-corrected chi connectivity index (χ0v) is 19.6. The Balaban J connectivity index is 2.06. The van der Waals surface area contributed by atoms with Crippen molar-refractivity contribution >= 4 is 34.6 Å². The van der Waals surface area contributed by atoms with Crippen molar-refractivity contribution in [1.82, 2.24) is 25.5 Å². The van der Waals surface area contributed by atoms with Gasteiger partial charge in [0.2, 0.25) is 5.91 Å². The average Bonchev–Trinajstić information content (AvgIpc) is 2.82. The highest BCUT2D eigenvalue weighted by atomic mass is 16.5. The Morgan fingerprint density at radius 2 is 1.82 bits per heavy atom. The Morgan fingerprint density at radius 3 is 2.53 bits per heavy atom. The molecule has 178 valence electrons. The van der Waals surface area contributed by atoms with Crippen LogP contribution in [0.4, 0.5) is 15.4 Å². The van der Waals surface area contributed by atoms with Crippen LogP contribution in [-0.2, 0) is 22.5 Å². The first-order chi connectivity index (χ1) is 16.3. The van der Waals surface area contributed by atoms with E-state index in [0.29, 0.717) is 18.1 Å². The largest absolute Gasteiger partial charge is 0.453 e. The minimum absolute atomic E-state index is 0.0450. The number of benzene rings is 1. The topological polar surface area (TPSA) is 126 Å². The molecule has 0 spiro atoms. The van der Waals surface area contributed by atoms with E-state index in [1.54, 1.807) is 32.6 Å². The summed E-state index contributed by atoms with van der Waals surface area (Å²) >= 11 is 0. The predicted octanol–water partition coefficient (Wildman–Crippen LogP) is 2.92. The number of carbonyl (C=O) groups is 3. The summed E-state index contributed by atoms with van der Waals surface area (Å²) in [7, 11) is 4.72. The number of nitrogens with zero attached hydrogens (tertiary/aromatic N) is 3. The second kappa shape index (κ2) is 11.1. The number of methoxy groups -OCH3 is 1. The van der Waals surface area contributed by atoms with Gasteiger partial charge in [0, 0.05) is 45.0 Å². The van der Waals surface area contributed by atoms with Gasteiger partial charge in [-0.2, -0.15) is 0 Å². The molecule has 0 fully saturated rings. The highest BCUT2D eigenvalue weighted by Gasteiger charge is 2.14. The second-order valence-corrected chi connectivity index (χ2v) is 7.72. The van der Waals surface area contributed by atoms with E-state index < -0.39 is 6.09 Å². The molecule has 10 heteroatoms. The van der Waals surface area contributed by atoms with Crippen LogP contribution in [-0.4, -0.2) is 60.6 Å². The molecule has 3 N–H and O–H groups in total. The fourth-order valence-electron chi connectivity index (χ4n) is 3.39. The van der Waals surface area contributed by atoms with E-state index in [4.69, 9.17) is 0 Å². The lowest BCUT2D eigenvalue weighted by Crippen LogP contribution is -2.28. The monoisotopic (exact) mass is 464 g/mol. The molecule has 0 saturated carbocycles. The van der Waals surface area contributed by atoms with Crippen LogP contribution < -0.4 is 16.0 Å². The Labute approximate surface area is 197 Å². The number of fused-ring (bicyclic) bond motifs is 1. The van der Waals surface area contributed by atoms with Crippen molar-refractivity contribution in [3.63, 3.8) is 0 Å². The molecule has 1 aromatic carbocycles. The van der Waals surface area contributed by atoms with E-state index in [2.05, 4.69) is 30.7 Å². The molecule has 10 nitrogen and oxygen atoms in total. The van der Waals surface area contributed by atoms with Crippen LogP contribution in [0.25, 0.3) is 21.9 Å². The summed E-state index contributed by atoms with van der Waals surface area (Å²) in [6, 6.07) is 9.00. The molecule has 2 heterocycles. The molecular formula is C24H28N6O4. The Morgan fingerprint density at radius 1 is 1.03 bits per heavy atom. The number of ether oxygens (including phenoxy) is 1. The van der Waals surface area contributed by atoms with Crippen LogP contribution in [0.3, 0.4) is 0 Å². The standard InChI is InChI=1S/C24H28N6O4/c1-5-25-23(32)29-21-12-19-18(15-8-9-26-17(10-15)11-22(31)30(2)3)7-6-16(20(19)14-27-21)13-28-24(33)34-4/h6-10,12,14H,5,11,13H2,1-4H3,(H,28,33)(H2,25,27,29,32). The molecule has 4 amide bonds. The summed E-state index contributed by atoms with van der Waals surface area (Å²) in [6.45, 7) is 2.56. The number of rotatable bonds is 7. The van der Waals surface area contributed by atoms with Crippen molar-refractivity contribution < 1.29 is 19.1 Å². The summed E-state index contributed by atoms with van der Waals surface area (Å²) < 4.78 is 4.67. The SMILES string of the molecule is CCNC(=O)Nc1cc2c(-c3ccnc(CC(=O)N(C)C)c3)ccc(CNC(=O)OC)c2cn1. The fourth-order valence-corrected chi connectivity index (χ4v) is 3.39. The number of urea groups is 1. The minimum atomic E-state index is -0.538. The summed E-state index contributed by atoms with van der Waals surface area (Å²) in [5.41, 5.74) is 3.22. The first-order valence-corrected chi connectivity index (χ1v) is 10.8. The fraction of sp³-hybridized carbons (Fsp3) is 0.292. The van der Waals surface area contributed by atoms with Crippen molar-refractivity contribution in [1.29, 1.82) is 0 Å². The average molecular weight is 465 g/mol. The smallest absolute Gasteiger partial charge is 0.407 e. The van der Waals surface area contributed by atoms with Gasteiger partial charge in [0.25, 0.3) is 0 Å². The molecular weight excluding hydrogens is 436 g/mol. The summed E-state index contributed by atoms with van der Waals surface area (Å²) in [4.78, 5) is 46.0. The number of aromatic nitrogens is 2. The zero-order valence-electron chi connectivity index (χ0n) is 19.6. The normalized spacial score (nSPS) is 10.5. The summed E-state index contributed by atoms with van der Waals surface area (Å²) in [5, 5.41) is 9.72. The lowest BCUT2D eigenvalue weighted by molar-refractivity contribution is -0.128. The van der Waals surface area contributed by atoms with E-state index in [1.165, 1.54) is 12.0 Å². The van der Waals surface area contributed by atoms with E-state index in [-0.39, 0.29) is 24.9 Å². The highest BCUT2D eigenvalue weighted by Crippen LogP contribution is 2.32. The van der Waals surface area contributed by atoms with Crippen molar-refractivity contribution in [2.45, 2.75) is 19.9 Å². The van der Waals surface area contributed by atoms with Gasteiger partial charge < -0.3 is 20.3 Å². The number of nitrogens with one attached hydrogen (secondary N) is 3. The van der Waals surface area contributed by atoms with E-state index >= 15 is 0 Å². The van der Waals surface area contributed by atoms with Crippen LogP contribution in [0.5, 0.6) is 0 Å². The van der Waals surface area contributed by atoms with E-state index in [9.17, 15) is 14.4 Å². The maximum atomic E-state index is 12.2. The van der Waals surface area contributed by atoms with Crippen LogP contribution in [0.15, 0.2) is 42.7 Å². The number of likely N-dealkylation sites (N-methyl/N-ethyl adjacent to an activating group) is 1. The number of carbonyl (C=O) groups excluding carboxylic acids is 3. The van der Waals surface area contributed by atoms with Gasteiger partial charge in [-0.15, -0.1) is 0 Å². The molecule has 0 aliphatic carbocycles. The third-order valence-corrected chi connectivity index (χ3v) is 5.14. The molecule has 0 atom stereocenters. The molecule has 0 aliphatic heterocycles. The first-order valence-electron chi connectivity index (χ1n) is 10.8. The number of anilines is 1. The number of amides is 4. The van der Waals surface area contributed by atoms with Crippen LogP contribution in [0, 0.1) is 0 Å². The van der Waals surface area contributed by atoms with Crippen LogP contribution in [0.1, 0.15) is 18.2 Å². The molecule has 0 radical (unpaired) electrons. The van der Waals surface area contributed by atoms with Gasteiger partial charge in [0.1, 0.15) is 5.82 Å². The van der Waals surface area contributed by atoms with Crippen LogP contribution >= 0.6 is 0 Å². The molecule has 0 bridgehead atoms. The second-order valence-electron chi connectivity index (χ2n) is 7.72. The summed E-state index contributed by atoms with van der Waals surface area (Å²) in [6.07, 6.45) is 2.97. The van der Waals surface area contributed by atoms with E-state index in [1.807, 2.05) is 31.2 Å². The van der Waals surface area contributed by atoms with E-state index in [0.717, 1.165) is 27.5 Å². The lowest BCUT2D eigenvalue weighted by Gasteiger charge is -2.15. The Hall–Kier alpha value is -4.21. The van der Waals surface area contributed by atoms with Gasteiger partial charge >= 0.3 is 12.1 Å². The molecule has 0 saturated heterocycles. The number of hydrogen-bond donors (Lipinski definition) is 3. The van der Waals surface area contributed by atoms with Gasteiger partial charge in [-0.3, -0.25) is 15.1 Å². The minimum Gasteiger partial charge on any atom is -0.453 e. The molecule has 0 unspecified atom stereocenters. The first kappa shape index (κ1) is 24.4. The Kier molecular flexibility index (Phi) is 7.96. The van der Waals surface area contributed by atoms with Crippen molar-refractivity contribution in [3.8, 4) is 11.1 Å². The van der Waals surface area contributed by atoms with Crippen molar-refractivity contribution in [2.24, 2.45) is 0 Å². The molecule has 34 heavy (non-hydrogen) atoms. The lowest BCUT2D eigenvalue weighted by atomic mass is 9.96. The third-order valence-electron chi connectivity index (χ3n) is 5.14. The van der Waals surface area contributed by atoms with Gasteiger partial charge in [-0.25, -0.2) is 14.6 Å². The van der Waals surface area contributed by atoms with Crippen molar-refractivity contribution in [3.05, 3.63) is 54.0 Å². The number of hydrogen-bond acceptors (Lipinski definition) is 6. The maximum absolute atomic E-state index is 12.2. The zero-order chi connectivity index (χ0) is 24.7.